The van der Waals surface area contributed by atoms with Crippen molar-refractivity contribution in [2.24, 2.45) is 0 Å². The highest BCUT2D eigenvalue weighted by molar-refractivity contribution is 6.30. The number of nitrogens with one attached hydrogen (secondary N) is 1. The summed E-state index contributed by atoms with van der Waals surface area (Å²) in [6.07, 6.45) is 0. The summed E-state index contributed by atoms with van der Waals surface area (Å²) in [6.45, 7) is 3.76. The van der Waals surface area contributed by atoms with E-state index < -0.39 is 11.6 Å². The Morgan fingerprint density at radius 2 is 1.75 bits per heavy atom. The molecule has 0 saturated heterocycles. The van der Waals surface area contributed by atoms with E-state index >= 15 is 0 Å². The zero-order valence-electron chi connectivity index (χ0n) is 11.3. The van der Waals surface area contributed by atoms with Gasteiger partial charge in [0, 0.05) is 22.7 Å². The van der Waals surface area contributed by atoms with Crippen LogP contribution in [0.4, 0.5) is 8.78 Å². The van der Waals surface area contributed by atoms with Crippen molar-refractivity contribution in [1.82, 2.24) is 5.32 Å². The van der Waals surface area contributed by atoms with Gasteiger partial charge in [-0.3, -0.25) is 0 Å². The van der Waals surface area contributed by atoms with Crippen molar-refractivity contribution >= 4 is 11.6 Å². The molecule has 20 heavy (non-hydrogen) atoms. The lowest BCUT2D eigenvalue weighted by atomic mass is 10.0. The Kier molecular flexibility index (Phi) is 4.73. The van der Waals surface area contributed by atoms with E-state index in [4.69, 9.17) is 11.6 Å². The van der Waals surface area contributed by atoms with Crippen LogP contribution in [0.1, 0.15) is 37.1 Å². The fourth-order valence-electron chi connectivity index (χ4n) is 2.18. The Morgan fingerprint density at radius 1 is 1.00 bits per heavy atom. The standard InChI is InChI=1S/C16H16ClF2N/c1-10(12-4-3-5-13(17)8-12)20-11(2)15-9-14(18)6-7-16(15)19/h3-11,20H,1-2H3/t10-,11?/m0/s1. The summed E-state index contributed by atoms with van der Waals surface area (Å²) in [5, 5.41) is 3.90. The fourth-order valence-corrected chi connectivity index (χ4v) is 2.38. The Morgan fingerprint density at radius 3 is 2.45 bits per heavy atom. The van der Waals surface area contributed by atoms with Crippen molar-refractivity contribution in [3.63, 3.8) is 0 Å². The Balaban J connectivity index is 2.15. The molecule has 0 bridgehead atoms. The second-order valence-electron chi connectivity index (χ2n) is 4.83. The molecule has 2 aromatic carbocycles. The SMILES string of the molecule is CC(N[C@@H](C)c1cccc(Cl)c1)c1cc(F)ccc1F. The Hall–Kier alpha value is -1.45. The highest BCUT2D eigenvalue weighted by Crippen LogP contribution is 2.23. The summed E-state index contributed by atoms with van der Waals surface area (Å²) in [5.41, 5.74) is 1.32. The molecule has 0 fully saturated rings. The minimum Gasteiger partial charge on any atom is -0.304 e. The van der Waals surface area contributed by atoms with Gasteiger partial charge in [-0.15, -0.1) is 0 Å². The zero-order chi connectivity index (χ0) is 14.7. The van der Waals surface area contributed by atoms with E-state index in [0.717, 1.165) is 17.7 Å². The second kappa shape index (κ2) is 6.33. The monoisotopic (exact) mass is 295 g/mol. The number of benzene rings is 2. The van der Waals surface area contributed by atoms with Gasteiger partial charge in [-0.25, -0.2) is 8.78 Å². The summed E-state index contributed by atoms with van der Waals surface area (Å²) in [5.74, 6) is -0.852. The van der Waals surface area contributed by atoms with E-state index in [-0.39, 0.29) is 12.1 Å². The van der Waals surface area contributed by atoms with Crippen LogP contribution in [0.25, 0.3) is 0 Å². The van der Waals surface area contributed by atoms with Gasteiger partial charge in [0.25, 0.3) is 0 Å². The van der Waals surface area contributed by atoms with E-state index in [1.54, 1.807) is 13.0 Å². The van der Waals surface area contributed by atoms with Gasteiger partial charge in [0.15, 0.2) is 0 Å². The molecule has 0 amide bonds. The maximum atomic E-state index is 13.7. The van der Waals surface area contributed by atoms with Gasteiger partial charge in [-0.1, -0.05) is 23.7 Å². The first kappa shape index (κ1) is 14.9. The molecule has 2 atom stereocenters. The van der Waals surface area contributed by atoms with Gasteiger partial charge in [-0.05, 0) is 49.7 Å². The first-order chi connectivity index (χ1) is 9.47. The average Bonchev–Trinajstić information content (AvgIpc) is 2.41. The second-order valence-corrected chi connectivity index (χ2v) is 5.27. The molecule has 2 aromatic rings. The molecular weight excluding hydrogens is 280 g/mol. The first-order valence-corrected chi connectivity index (χ1v) is 6.81. The van der Waals surface area contributed by atoms with Crippen molar-refractivity contribution in [3.8, 4) is 0 Å². The maximum Gasteiger partial charge on any atom is 0.128 e. The third kappa shape index (κ3) is 3.56. The largest absolute Gasteiger partial charge is 0.304 e. The molecule has 0 saturated carbocycles. The Labute approximate surface area is 122 Å². The number of rotatable bonds is 4. The van der Waals surface area contributed by atoms with E-state index in [9.17, 15) is 8.78 Å². The minimum atomic E-state index is -0.439. The van der Waals surface area contributed by atoms with E-state index in [0.29, 0.717) is 10.6 Å². The van der Waals surface area contributed by atoms with Crippen LogP contribution in [0.15, 0.2) is 42.5 Å². The van der Waals surface area contributed by atoms with Crippen LogP contribution in [0.2, 0.25) is 5.02 Å². The molecule has 0 aliphatic carbocycles. The van der Waals surface area contributed by atoms with Crippen LogP contribution in [-0.2, 0) is 0 Å². The topological polar surface area (TPSA) is 12.0 Å². The quantitative estimate of drug-likeness (QED) is 0.834. The number of hydrogen-bond donors (Lipinski definition) is 1. The van der Waals surface area contributed by atoms with Gasteiger partial charge in [0.1, 0.15) is 11.6 Å². The first-order valence-electron chi connectivity index (χ1n) is 6.44. The van der Waals surface area contributed by atoms with Gasteiger partial charge < -0.3 is 5.32 Å². The van der Waals surface area contributed by atoms with Crippen molar-refractivity contribution in [3.05, 3.63) is 70.2 Å². The molecule has 0 heterocycles. The third-order valence-corrected chi connectivity index (χ3v) is 3.51. The molecule has 0 aliphatic heterocycles. The molecule has 1 nitrogen and oxygen atoms in total. The summed E-state index contributed by atoms with van der Waals surface area (Å²) in [4.78, 5) is 0. The molecule has 0 aromatic heterocycles. The zero-order valence-corrected chi connectivity index (χ0v) is 12.1. The lowest BCUT2D eigenvalue weighted by Gasteiger charge is -2.21. The van der Waals surface area contributed by atoms with Crippen LogP contribution in [-0.4, -0.2) is 0 Å². The van der Waals surface area contributed by atoms with Crippen molar-refractivity contribution in [1.29, 1.82) is 0 Å². The van der Waals surface area contributed by atoms with E-state index in [1.165, 1.54) is 6.07 Å². The van der Waals surface area contributed by atoms with Crippen LogP contribution in [0.5, 0.6) is 0 Å². The van der Waals surface area contributed by atoms with Crippen molar-refractivity contribution in [2.75, 3.05) is 0 Å². The number of halogens is 3. The van der Waals surface area contributed by atoms with Crippen LogP contribution >= 0.6 is 11.6 Å². The Bertz CT molecular complexity index is 601. The lowest BCUT2D eigenvalue weighted by molar-refractivity contribution is 0.470. The molecule has 0 spiro atoms. The summed E-state index contributed by atoms with van der Waals surface area (Å²) in [6, 6.07) is 10.6. The molecule has 1 unspecified atom stereocenters. The third-order valence-electron chi connectivity index (χ3n) is 3.27. The molecule has 0 radical (unpaired) electrons. The number of hydrogen-bond acceptors (Lipinski definition) is 1. The summed E-state index contributed by atoms with van der Waals surface area (Å²) in [7, 11) is 0. The van der Waals surface area contributed by atoms with Crippen molar-refractivity contribution in [2.45, 2.75) is 25.9 Å². The average molecular weight is 296 g/mol. The smallest absolute Gasteiger partial charge is 0.128 e. The summed E-state index contributed by atoms with van der Waals surface area (Å²) >= 11 is 5.95. The molecular formula is C16H16ClF2N. The van der Waals surface area contributed by atoms with E-state index in [2.05, 4.69) is 5.32 Å². The highest BCUT2D eigenvalue weighted by Gasteiger charge is 2.15. The minimum absolute atomic E-state index is 0.0219. The van der Waals surface area contributed by atoms with Crippen LogP contribution in [0.3, 0.4) is 0 Å². The highest BCUT2D eigenvalue weighted by atomic mass is 35.5. The normalized spacial score (nSPS) is 14.1. The molecule has 4 heteroatoms. The van der Waals surface area contributed by atoms with Crippen LogP contribution < -0.4 is 5.32 Å². The van der Waals surface area contributed by atoms with E-state index in [1.807, 2.05) is 25.1 Å². The summed E-state index contributed by atoms with van der Waals surface area (Å²) < 4.78 is 26.9. The van der Waals surface area contributed by atoms with Gasteiger partial charge >= 0.3 is 0 Å². The molecule has 0 aliphatic rings. The lowest BCUT2D eigenvalue weighted by Crippen LogP contribution is -2.23. The predicted molar refractivity (Wildman–Crippen MR) is 77.8 cm³/mol. The van der Waals surface area contributed by atoms with Gasteiger partial charge in [0.2, 0.25) is 0 Å². The predicted octanol–water partition coefficient (Wildman–Crippen LogP) is 5.03. The van der Waals surface area contributed by atoms with Crippen LogP contribution in [0, 0.1) is 11.6 Å². The molecule has 1 N–H and O–H groups in total. The maximum absolute atomic E-state index is 13.7. The molecule has 106 valence electrons. The fraction of sp³-hybridized carbons (Fsp3) is 0.250. The van der Waals surface area contributed by atoms with Gasteiger partial charge in [0.05, 0.1) is 0 Å². The molecule has 2 rings (SSSR count). The van der Waals surface area contributed by atoms with Gasteiger partial charge in [-0.2, -0.15) is 0 Å². The van der Waals surface area contributed by atoms with Crippen molar-refractivity contribution < 1.29 is 8.78 Å².